The number of nitrogens with one attached hydrogen (secondary N) is 1. The van der Waals surface area contributed by atoms with Gasteiger partial charge in [0.05, 0.1) is 4.92 Å². The highest BCUT2D eigenvalue weighted by molar-refractivity contribution is 5.95. The molecule has 5 heteroatoms. The van der Waals surface area contributed by atoms with Crippen LogP contribution in [0.3, 0.4) is 0 Å². The normalized spacial score (nSPS) is 11.1. The molecule has 0 heterocycles. The van der Waals surface area contributed by atoms with E-state index >= 15 is 0 Å². The van der Waals surface area contributed by atoms with Gasteiger partial charge in [-0.15, -0.1) is 0 Å². The number of nitro groups is 1. The van der Waals surface area contributed by atoms with E-state index < -0.39 is 10.5 Å². The molecule has 0 fully saturated rings. The van der Waals surface area contributed by atoms with Gasteiger partial charge >= 0.3 is 0 Å². The summed E-state index contributed by atoms with van der Waals surface area (Å²) in [4.78, 5) is 22.8. The minimum Gasteiger partial charge on any atom is -0.347 e. The van der Waals surface area contributed by atoms with E-state index in [0.717, 1.165) is 5.56 Å². The largest absolute Gasteiger partial charge is 0.347 e. The van der Waals surface area contributed by atoms with Gasteiger partial charge in [-0.25, -0.2) is 0 Å². The lowest BCUT2D eigenvalue weighted by molar-refractivity contribution is -0.385. The van der Waals surface area contributed by atoms with Crippen LogP contribution in [0, 0.1) is 17.0 Å². The van der Waals surface area contributed by atoms with E-state index in [2.05, 4.69) is 5.32 Å². The van der Waals surface area contributed by atoms with Gasteiger partial charge in [0.25, 0.3) is 11.6 Å². The average molecular weight is 312 g/mol. The molecule has 0 atom stereocenters. The predicted octanol–water partition coefficient (Wildman–Crippen LogP) is 3.65. The first kappa shape index (κ1) is 16.7. The zero-order valence-electron chi connectivity index (χ0n) is 13.5. The summed E-state index contributed by atoms with van der Waals surface area (Å²) in [5, 5.41) is 13.8. The zero-order chi connectivity index (χ0) is 17.0. The van der Waals surface area contributed by atoms with Crippen LogP contribution in [0.15, 0.2) is 48.5 Å². The maximum absolute atomic E-state index is 12.4. The third-order valence-corrected chi connectivity index (χ3v) is 3.60. The number of carbonyl (C=O) groups is 1. The molecule has 0 bridgehead atoms. The number of nitro benzene ring substituents is 1. The summed E-state index contributed by atoms with van der Waals surface area (Å²) in [6.07, 6.45) is 0.700. The Hall–Kier alpha value is -2.69. The van der Waals surface area contributed by atoms with Gasteiger partial charge in [0.2, 0.25) is 0 Å². The molecule has 0 aromatic heterocycles. The number of benzene rings is 2. The van der Waals surface area contributed by atoms with Crippen molar-refractivity contribution < 1.29 is 9.72 Å². The van der Waals surface area contributed by atoms with Crippen LogP contribution in [0.5, 0.6) is 0 Å². The van der Waals surface area contributed by atoms with E-state index in [-0.39, 0.29) is 11.6 Å². The summed E-state index contributed by atoms with van der Waals surface area (Å²) in [6, 6.07) is 14.3. The van der Waals surface area contributed by atoms with Crippen molar-refractivity contribution in [2.45, 2.75) is 32.7 Å². The number of nitrogens with zero attached hydrogens (tertiary/aromatic N) is 1. The zero-order valence-corrected chi connectivity index (χ0v) is 13.5. The Bertz CT molecular complexity index is 724. The molecule has 1 amide bonds. The van der Waals surface area contributed by atoms with E-state index in [0.29, 0.717) is 17.5 Å². The fraction of sp³-hybridized carbons (Fsp3) is 0.278. The van der Waals surface area contributed by atoms with Crippen LogP contribution in [0.2, 0.25) is 0 Å². The Morgan fingerprint density at radius 2 is 1.83 bits per heavy atom. The van der Waals surface area contributed by atoms with Crippen LogP contribution < -0.4 is 5.32 Å². The topological polar surface area (TPSA) is 72.2 Å². The van der Waals surface area contributed by atoms with Gasteiger partial charge in [0.1, 0.15) is 0 Å². The Balaban J connectivity index is 2.11. The molecule has 0 saturated heterocycles. The Kier molecular flexibility index (Phi) is 4.79. The molecular formula is C18H20N2O3. The number of hydrogen-bond acceptors (Lipinski definition) is 3. The molecule has 120 valence electrons. The summed E-state index contributed by atoms with van der Waals surface area (Å²) in [5.74, 6) is -0.232. The van der Waals surface area contributed by atoms with E-state index in [4.69, 9.17) is 0 Å². The Labute approximate surface area is 135 Å². The van der Waals surface area contributed by atoms with Crippen molar-refractivity contribution in [2.24, 2.45) is 0 Å². The molecule has 0 radical (unpaired) electrons. The van der Waals surface area contributed by atoms with Crippen LogP contribution in [0.4, 0.5) is 5.69 Å². The summed E-state index contributed by atoms with van der Waals surface area (Å²) >= 11 is 0. The van der Waals surface area contributed by atoms with Gasteiger partial charge in [-0.3, -0.25) is 14.9 Å². The highest BCUT2D eigenvalue weighted by Crippen LogP contribution is 2.20. The molecular weight excluding hydrogens is 292 g/mol. The summed E-state index contributed by atoms with van der Waals surface area (Å²) in [6.45, 7) is 5.54. The van der Waals surface area contributed by atoms with Crippen LogP contribution in [0.25, 0.3) is 0 Å². The molecule has 0 aliphatic carbocycles. The van der Waals surface area contributed by atoms with Crippen molar-refractivity contribution in [2.75, 3.05) is 0 Å². The minimum absolute atomic E-state index is 0.0186. The lowest BCUT2D eigenvalue weighted by Gasteiger charge is -2.26. The Morgan fingerprint density at radius 3 is 2.39 bits per heavy atom. The van der Waals surface area contributed by atoms with Gasteiger partial charge < -0.3 is 5.32 Å². The highest BCUT2D eigenvalue weighted by Gasteiger charge is 2.22. The molecule has 0 aliphatic heterocycles. The maximum atomic E-state index is 12.4. The number of aryl methyl sites for hydroxylation is 1. The molecule has 2 aromatic carbocycles. The first-order valence-electron chi connectivity index (χ1n) is 7.40. The van der Waals surface area contributed by atoms with Crippen LogP contribution in [-0.2, 0) is 6.42 Å². The average Bonchev–Trinajstić information content (AvgIpc) is 2.46. The smallest absolute Gasteiger partial charge is 0.272 e. The number of carbonyl (C=O) groups excluding carboxylic acids is 1. The van der Waals surface area contributed by atoms with Crippen molar-refractivity contribution in [3.05, 3.63) is 75.3 Å². The van der Waals surface area contributed by atoms with Crippen molar-refractivity contribution in [1.82, 2.24) is 5.32 Å². The molecule has 0 unspecified atom stereocenters. The molecule has 23 heavy (non-hydrogen) atoms. The van der Waals surface area contributed by atoms with Crippen molar-refractivity contribution >= 4 is 11.6 Å². The van der Waals surface area contributed by atoms with Gasteiger partial charge in [0.15, 0.2) is 0 Å². The van der Waals surface area contributed by atoms with Gasteiger partial charge in [-0.1, -0.05) is 30.3 Å². The Morgan fingerprint density at radius 1 is 1.17 bits per heavy atom. The predicted molar refractivity (Wildman–Crippen MR) is 89.5 cm³/mol. The second-order valence-corrected chi connectivity index (χ2v) is 6.26. The quantitative estimate of drug-likeness (QED) is 0.676. The standard InChI is InChI=1S/C18H20N2O3/c1-13-11-15(9-10-16(13)20(22)23)17(21)19-18(2,3)12-14-7-5-4-6-8-14/h4-11H,12H2,1-3H3,(H,19,21). The molecule has 0 spiro atoms. The maximum Gasteiger partial charge on any atom is 0.272 e. The number of hydrogen-bond donors (Lipinski definition) is 1. The molecule has 2 aromatic rings. The van der Waals surface area contributed by atoms with E-state index in [1.165, 1.54) is 12.1 Å². The van der Waals surface area contributed by atoms with Crippen LogP contribution >= 0.6 is 0 Å². The molecule has 0 saturated carbocycles. The number of amides is 1. The first-order chi connectivity index (χ1) is 10.8. The second-order valence-electron chi connectivity index (χ2n) is 6.26. The monoisotopic (exact) mass is 312 g/mol. The van der Waals surface area contributed by atoms with E-state index in [9.17, 15) is 14.9 Å². The van der Waals surface area contributed by atoms with Crippen molar-refractivity contribution in [1.29, 1.82) is 0 Å². The SMILES string of the molecule is Cc1cc(C(=O)NC(C)(C)Cc2ccccc2)ccc1[N+](=O)[O-]. The van der Waals surface area contributed by atoms with Gasteiger partial charge in [-0.2, -0.15) is 0 Å². The third-order valence-electron chi connectivity index (χ3n) is 3.60. The van der Waals surface area contributed by atoms with Crippen molar-refractivity contribution in [3.8, 4) is 0 Å². The number of rotatable bonds is 5. The lowest BCUT2D eigenvalue weighted by atomic mass is 9.94. The fourth-order valence-corrected chi connectivity index (χ4v) is 2.53. The summed E-state index contributed by atoms with van der Waals surface area (Å²) < 4.78 is 0. The minimum atomic E-state index is -0.448. The second kappa shape index (κ2) is 6.60. The van der Waals surface area contributed by atoms with Crippen LogP contribution in [-0.4, -0.2) is 16.4 Å². The van der Waals surface area contributed by atoms with Crippen molar-refractivity contribution in [3.63, 3.8) is 0 Å². The third kappa shape index (κ3) is 4.39. The highest BCUT2D eigenvalue weighted by atomic mass is 16.6. The van der Waals surface area contributed by atoms with Gasteiger partial charge in [0, 0.05) is 22.7 Å². The summed E-state index contributed by atoms with van der Waals surface area (Å²) in [5.41, 5.74) is 1.63. The molecule has 0 aliphatic rings. The molecule has 2 rings (SSSR count). The molecule has 5 nitrogen and oxygen atoms in total. The lowest BCUT2D eigenvalue weighted by Crippen LogP contribution is -2.45. The first-order valence-corrected chi connectivity index (χ1v) is 7.40. The fourth-order valence-electron chi connectivity index (χ4n) is 2.53. The van der Waals surface area contributed by atoms with E-state index in [1.807, 2.05) is 44.2 Å². The summed E-state index contributed by atoms with van der Waals surface area (Å²) in [7, 11) is 0. The van der Waals surface area contributed by atoms with Crippen LogP contribution in [0.1, 0.15) is 35.3 Å². The van der Waals surface area contributed by atoms with E-state index in [1.54, 1.807) is 13.0 Å². The molecule has 1 N–H and O–H groups in total. The van der Waals surface area contributed by atoms with Gasteiger partial charge in [-0.05, 0) is 44.9 Å².